The second-order valence-corrected chi connectivity index (χ2v) is 10.8. The van der Waals surface area contributed by atoms with Crippen molar-refractivity contribution in [3.8, 4) is 0 Å². The molecule has 1 fully saturated rings. The molecule has 3 amide bonds. The Kier molecular flexibility index (Phi) is 9.33. The lowest BCUT2D eigenvalue weighted by atomic mass is 9.88. The topological polar surface area (TPSA) is 117 Å². The van der Waals surface area contributed by atoms with Gasteiger partial charge in [0.2, 0.25) is 5.91 Å². The van der Waals surface area contributed by atoms with E-state index in [1.54, 1.807) is 59.7 Å². The van der Waals surface area contributed by atoms with E-state index in [9.17, 15) is 19.5 Å². The Balaban J connectivity index is 2.07. The van der Waals surface area contributed by atoms with Gasteiger partial charge in [0, 0.05) is 24.7 Å². The zero-order chi connectivity index (χ0) is 25.7. The molecular weight excluding hydrogens is 462 g/mol. The van der Waals surface area contributed by atoms with Gasteiger partial charge in [-0.15, -0.1) is 0 Å². The molecule has 2 rings (SSSR count). The monoisotopic (exact) mass is 497 g/mol. The lowest BCUT2D eigenvalue weighted by Crippen LogP contribution is -2.59. The van der Waals surface area contributed by atoms with Crippen LogP contribution in [0, 0.1) is 5.41 Å². The number of nitrogens with zero attached hydrogens (tertiary/aromatic N) is 1. The predicted molar refractivity (Wildman–Crippen MR) is 128 cm³/mol. The van der Waals surface area contributed by atoms with Crippen molar-refractivity contribution in [2.75, 3.05) is 19.8 Å². The van der Waals surface area contributed by atoms with Crippen molar-refractivity contribution in [1.29, 1.82) is 0 Å². The van der Waals surface area contributed by atoms with Crippen molar-refractivity contribution in [3.05, 3.63) is 34.3 Å². The van der Waals surface area contributed by atoms with Gasteiger partial charge in [-0.3, -0.25) is 9.59 Å². The summed E-state index contributed by atoms with van der Waals surface area (Å²) in [4.78, 5) is 39.2. The minimum atomic E-state index is -1.24. The Hall–Kier alpha value is -2.36. The van der Waals surface area contributed by atoms with Crippen molar-refractivity contribution in [2.45, 2.75) is 72.4 Å². The fourth-order valence-electron chi connectivity index (χ4n) is 3.33. The van der Waals surface area contributed by atoms with Gasteiger partial charge in [0.05, 0.1) is 13.2 Å². The minimum absolute atomic E-state index is 0.0387. The Morgan fingerprint density at radius 1 is 1.15 bits per heavy atom. The summed E-state index contributed by atoms with van der Waals surface area (Å²) in [6.07, 6.45) is -1.79. The Bertz CT molecular complexity index is 894. The van der Waals surface area contributed by atoms with E-state index in [0.29, 0.717) is 17.2 Å². The Morgan fingerprint density at radius 3 is 2.41 bits per heavy atom. The number of ether oxygens (including phenoxy) is 2. The fraction of sp³-hybridized carbons (Fsp3) is 0.625. The average molecular weight is 498 g/mol. The van der Waals surface area contributed by atoms with Crippen LogP contribution in [0.2, 0.25) is 5.02 Å². The number of hydrogen-bond donors (Lipinski definition) is 3. The first-order chi connectivity index (χ1) is 15.7. The molecule has 0 aliphatic carbocycles. The maximum absolute atomic E-state index is 13.0. The van der Waals surface area contributed by atoms with Crippen LogP contribution in [0.25, 0.3) is 0 Å². The van der Waals surface area contributed by atoms with Crippen molar-refractivity contribution >= 4 is 29.5 Å². The Morgan fingerprint density at radius 2 is 1.79 bits per heavy atom. The lowest BCUT2D eigenvalue weighted by molar-refractivity contribution is -0.159. The quantitative estimate of drug-likeness (QED) is 0.556. The van der Waals surface area contributed by atoms with Crippen molar-refractivity contribution in [3.63, 3.8) is 0 Å². The van der Waals surface area contributed by atoms with Gasteiger partial charge < -0.3 is 30.1 Å². The van der Waals surface area contributed by atoms with Crippen molar-refractivity contribution < 1.29 is 29.0 Å². The van der Waals surface area contributed by atoms with E-state index >= 15 is 0 Å². The molecule has 0 radical (unpaired) electrons. The molecule has 0 spiro atoms. The number of carbonyl (C=O) groups excluding carboxylic acids is 3. The van der Waals surface area contributed by atoms with E-state index in [0.717, 1.165) is 5.56 Å². The molecule has 1 saturated heterocycles. The highest BCUT2D eigenvalue weighted by molar-refractivity contribution is 6.30. The van der Waals surface area contributed by atoms with Gasteiger partial charge in [0.15, 0.2) is 0 Å². The summed E-state index contributed by atoms with van der Waals surface area (Å²) in [6.45, 7) is 11.5. The van der Waals surface area contributed by atoms with Crippen LogP contribution in [0.5, 0.6) is 0 Å². The first kappa shape index (κ1) is 27.9. The van der Waals surface area contributed by atoms with Crippen LogP contribution < -0.4 is 10.6 Å². The normalized spacial score (nSPS) is 17.6. The number of benzene rings is 1. The Labute approximate surface area is 206 Å². The van der Waals surface area contributed by atoms with Crippen molar-refractivity contribution in [2.24, 2.45) is 5.41 Å². The molecule has 34 heavy (non-hydrogen) atoms. The molecule has 1 heterocycles. The van der Waals surface area contributed by atoms with Gasteiger partial charge in [-0.25, -0.2) is 4.79 Å². The van der Waals surface area contributed by atoms with E-state index in [-0.39, 0.29) is 26.2 Å². The number of rotatable bonds is 6. The van der Waals surface area contributed by atoms with Gasteiger partial charge >= 0.3 is 6.09 Å². The third kappa shape index (κ3) is 8.14. The summed E-state index contributed by atoms with van der Waals surface area (Å²) < 4.78 is 10.7. The van der Waals surface area contributed by atoms with Gasteiger partial charge in [0.1, 0.15) is 17.7 Å². The first-order valence-corrected chi connectivity index (χ1v) is 11.6. The molecule has 1 aromatic carbocycles. The molecule has 2 atom stereocenters. The number of nitrogens with one attached hydrogen (secondary N) is 2. The molecule has 9 nitrogen and oxygen atoms in total. The summed E-state index contributed by atoms with van der Waals surface area (Å²) in [6, 6.07) is 4.31. The summed E-state index contributed by atoms with van der Waals surface area (Å²) in [5, 5.41) is 16.4. The second-order valence-electron chi connectivity index (χ2n) is 10.4. The summed E-state index contributed by atoms with van der Waals surface area (Å²) in [7, 11) is 0. The highest BCUT2D eigenvalue weighted by atomic mass is 35.5. The summed E-state index contributed by atoms with van der Waals surface area (Å²) >= 11 is 6.15. The fourth-order valence-corrected chi connectivity index (χ4v) is 3.52. The highest BCUT2D eigenvalue weighted by Crippen LogP contribution is 2.23. The molecule has 1 aliphatic heterocycles. The molecule has 0 saturated carbocycles. The number of halogens is 1. The molecule has 10 heteroatoms. The van der Waals surface area contributed by atoms with Gasteiger partial charge in [-0.05, 0) is 49.4 Å². The van der Waals surface area contributed by atoms with Gasteiger partial charge in [-0.1, -0.05) is 38.4 Å². The van der Waals surface area contributed by atoms with E-state index in [2.05, 4.69) is 10.6 Å². The van der Waals surface area contributed by atoms with E-state index < -0.39 is 41.1 Å². The smallest absolute Gasteiger partial charge is 0.407 e. The van der Waals surface area contributed by atoms with E-state index in [1.165, 1.54) is 4.90 Å². The molecule has 0 bridgehead atoms. The van der Waals surface area contributed by atoms with Crippen molar-refractivity contribution in [1.82, 2.24) is 15.5 Å². The molecular formula is C24H36ClN3O6. The van der Waals surface area contributed by atoms with Crippen LogP contribution in [-0.4, -0.2) is 65.4 Å². The molecule has 0 aromatic heterocycles. The summed E-state index contributed by atoms with van der Waals surface area (Å²) in [5.41, 5.74) is 0.188. The molecule has 190 valence electrons. The van der Waals surface area contributed by atoms with Gasteiger partial charge in [0.25, 0.3) is 5.91 Å². The number of amides is 3. The van der Waals surface area contributed by atoms with E-state index in [1.807, 2.05) is 0 Å². The van der Waals surface area contributed by atoms with Crippen LogP contribution in [0.3, 0.4) is 0 Å². The van der Waals surface area contributed by atoms with Crippen LogP contribution in [-0.2, 0) is 32.2 Å². The van der Waals surface area contributed by atoms with E-state index in [4.69, 9.17) is 21.1 Å². The molecule has 0 unspecified atom stereocenters. The summed E-state index contributed by atoms with van der Waals surface area (Å²) in [5.74, 6) is -0.902. The number of aliphatic hydroxyl groups excluding tert-OH is 1. The number of carbonyl (C=O) groups is 3. The van der Waals surface area contributed by atoms with Gasteiger partial charge in [-0.2, -0.15) is 0 Å². The minimum Gasteiger partial charge on any atom is -0.444 e. The number of aliphatic hydroxyl groups is 1. The van der Waals surface area contributed by atoms with Crippen LogP contribution in [0.4, 0.5) is 4.79 Å². The lowest BCUT2D eigenvalue weighted by Gasteiger charge is -2.38. The maximum atomic E-state index is 13.0. The third-order valence-corrected chi connectivity index (χ3v) is 5.45. The average Bonchev–Trinajstić information content (AvgIpc) is 2.73. The maximum Gasteiger partial charge on any atom is 0.407 e. The molecule has 3 N–H and O–H groups in total. The van der Waals surface area contributed by atoms with Crippen LogP contribution >= 0.6 is 11.6 Å². The zero-order valence-corrected chi connectivity index (χ0v) is 21.5. The zero-order valence-electron chi connectivity index (χ0n) is 20.7. The third-order valence-electron chi connectivity index (χ3n) is 5.21. The predicted octanol–water partition coefficient (Wildman–Crippen LogP) is 2.62. The number of morpholine rings is 1. The largest absolute Gasteiger partial charge is 0.444 e. The number of hydrogen-bond acceptors (Lipinski definition) is 6. The molecule has 1 aliphatic rings. The second kappa shape index (κ2) is 11.4. The standard InChI is InChI=1S/C24H36ClN3O6/c1-23(2,3)19(29)21(31)28-9-10-33-14-18(28)20(30)26-13-16-11-17(25)8-7-15(16)12-27-22(32)34-24(4,5)6/h7-8,11,18-19,29H,9-10,12-14H2,1-6H3,(H,26,30)(H,27,32)/t18-,19-/m0/s1. The van der Waals surface area contributed by atoms with Crippen LogP contribution in [0.15, 0.2) is 18.2 Å². The highest BCUT2D eigenvalue weighted by Gasteiger charge is 2.39. The molecule has 1 aromatic rings. The van der Waals surface area contributed by atoms with Crippen LogP contribution in [0.1, 0.15) is 52.7 Å². The SMILES string of the molecule is CC(C)(C)OC(=O)NCc1ccc(Cl)cc1CNC(=O)[C@@H]1COCCN1C(=O)[C@H](O)C(C)(C)C. The first-order valence-electron chi connectivity index (χ1n) is 11.3. The number of alkyl carbamates (subject to hydrolysis) is 1.